The number of hydrogen-bond acceptors (Lipinski definition) is 2. The van der Waals surface area contributed by atoms with Gasteiger partial charge in [0.2, 0.25) is 0 Å². The highest BCUT2D eigenvalue weighted by Gasteiger charge is 2.06. The first-order chi connectivity index (χ1) is 8.29. The molecule has 0 aliphatic rings. The molecule has 0 heterocycles. The van der Waals surface area contributed by atoms with Gasteiger partial charge in [-0.1, -0.05) is 24.3 Å². The van der Waals surface area contributed by atoms with Crippen molar-refractivity contribution in [3.8, 4) is 0 Å². The summed E-state index contributed by atoms with van der Waals surface area (Å²) < 4.78 is 0. The molecule has 0 atom stereocenters. The van der Waals surface area contributed by atoms with Gasteiger partial charge < -0.3 is 5.32 Å². The molecule has 0 aromatic heterocycles. The maximum absolute atomic E-state index is 11.9. The van der Waals surface area contributed by atoms with Crippen molar-refractivity contribution in [1.82, 2.24) is 0 Å². The minimum Gasteiger partial charge on any atom is -0.322 e. The maximum Gasteiger partial charge on any atom is 0.255 e. The van der Waals surface area contributed by atoms with Crippen LogP contribution in [-0.2, 0) is 0 Å². The van der Waals surface area contributed by atoms with E-state index < -0.39 is 0 Å². The van der Waals surface area contributed by atoms with E-state index in [2.05, 4.69) is 5.32 Å². The molecule has 2 aromatic carbocycles. The van der Waals surface area contributed by atoms with Crippen LogP contribution in [0, 0.1) is 0 Å². The van der Waals surface area contributed by atoms with E-state index in [1.165, 1.54) is 0 Å². The molecule has 0 spiro atoms. The first-order valence-corrected chi connectivity index (χ1v) is 6.69. The quantitative estimate of drug-likeness (QED) is 0.900. The van der Waals surface area contributed by atoms with Crippen LogP contribution in [0.1, 0.15) is 10.4 Å². The summed E-state index contributed by atoms with van der Waals surface area (Å²) in [5, 5.41) is 2.82. The van der Waals surface area contributed by atoms with E-state index in [9.17, 15) is 4.79 Å². The van der Waals surface area contributed by atoms with Gasteiger partial charge in [0.1, 0.15) is 0 Å². The highest BCUT2D eigenvalue weighted by Crippen LogP contribution is 2.22. The Balaban J connectivity index is 2.14. The second-order valence-electron chi connectivity index (χ2n) is 3.43. The van der Waals surface area contributed by atoms with Gasteiger partial charge in [0, 0.05) is 16.1 Å². The Morgan fingerprint density at radius 1 is 1.06 bits per heavy atom. The van der Waals surface area contributed by atoms with Gasteiger partial charge in [0.05, 0.1) is 0 Å². The molecule has 0 aliphatic carbocycles. The molecule has 0 bridgehead atoms. The van der Waals surface area contributed by atoms with Gasteiger partial charge in [-0.2, -0.15) is 0 Å². The molecule has 0 aliphatic heterocycles. The average Bonchev–Trinajstić information content (AvgIpc) is 2.40. The normalized spacial score (nSPS) is 9.94. The summed E-state index contributed by atoms with van der Waals surface area (Å²) in [5.74, 6) is -0.135. The predicted octanol–water partition coefficient (Wildman–Crippen LogP) is 4.18. The molecule has 2 rings (SSSR count). The van der Waals surface area contributed by atoms with Crippen LogP contribution in [0.2, 0.25) is 0 Å². The topological polar surface area (TPSA) is 29.1 Å². The van der Waals surface area contributed by atoms with E-state index >= 15 is 0 Å². The van der Waals surface area contributed by atoms with E-state index in [1.807, 2.05) is 42.5 Å². The summed E-state index contributed by atoms with van der Waals surface area (Å²) in [6.45, 7) is 0. The first-order valence-electron chi connectivity index (χ1n) is 5.04. The number of benzene rings is 2. The SMILES string of the molecule is O=C(Nc1ccccc1)c1cccc(SCl)c1. The maximum atomic E-state index is 11.9. The zero-order chi connectivity index (χ0) is 12.1. The molecule has 86 valence electrons. The van der Waals surface area contributed by atoms with Gasteiger partial charge in [-0.3, -0.25) is 4.79 Å². The molecule has 1 N–H and O–H groups in total. The second-order valence-corrected chi connectivity index (χ2v) is 4.51. The fraction of sp³-hybridized carbons (Fsp3) is 0. The highest BCUT2D eigenvalue weighted by molar-refractivity contribution is 8.21. The monoisotopic (exact) mass is 263 g/mol. The Kier molecular flexibility index (Phi) is 4.07. The molecule has 0 radical (unpaired) electrons. The number of anilines is 1. The Hall–Kier alpha value is -1.45. The third-order valence-electron chi connectivity index (χ3n) is 2.22. The van der Waals surface area contributed by atoms with Crippen LogP contribution in [0.3, 0.4) is 0 Å². The van der Waals surface area contributed by atoms with Crippen molar-refractivity contribution in [3.05, 3.63) is 60.2 Å². The Morgan fingerprint density at radius 3 is 2.53 bits per heavy atom. The van der Waals surface area contributed by atoms with Crippen molar-refractivity contribution < 1.29 is 4.79 Å². The molecule has 2 aromatic rings. The highest BCUT2D eigenvalue weighted by atomic mass is 35.7. The Labute approximate surface area is 108 Å². The van der Waals surface area contributed by atoms with Gasteiger partial charge in [0.25, 0.3) is 5.91 Å². The molecule has 1 amide bonds. The van der Waals surface area contributed by atoms with Crippen LogP contribution in [0.25, 0.3) is 0 Å². The summed E-state index contributed by atoms with van der Waals surface area (Å²) in [7, 11) is 6.75. The van der Waals surface area contributed by atoms with Crippen LogP contribution in [0.15, 0.2) is 59.5 Å². The number of rotatable bonds is 3. The molecule has 17 heavy (non-hydrogen) atoms. The fourth-order valence-electron chi connectivity index (χ4n) is 1.41. The molecular weight excluding hydrogens is 254 g/mol. The van der Waals surface area contributed by atoms with Crippen LogP contribution in [0.4, 0.5) is 5.69 Å². The number of halogens is 1. The van der Waals surface area contributed by atoms with E-state index in [-0.39, 0.29) is 5.91 Å². The van der Waals surface area contributed by atoms with Gasteiger partial charge in [-0.05, 0) is 52.0 Å². The number of carbonyl (C=O) groups excluding carboxylic acids is 1. The molecule has 2 nitrogen and oxygen atoms in total. The van der Waals surface area contributed by atoms with Gasteiger partial charge in [0.15, 0.2) is 0 Å². The van der Waals surface area contributed by atoms with Crippen LogP contribution in [0.5, 0.6) is 0 Å². The number of hydrogen-bond donors (Lipinski definition) is 1. The van der Waals surface area contributed by atoms with Crippen molar-refractivity contribution >= 4 is 33.3 Å². The first kappa shape index (κ1) is 12.0. The average molecular weight is 264 g/mol. The van der Waals surface area contributed by atoms with Gasteiger partial charge in [-0.25, -0.2) is 0 Å². The zero-order valence-electron chi connectivity index (χ0n) is 8.89. The summed E-state index contributed by atoms with van der Waals surface area (Å²) in [6, 6.07) is 16.5. The summed E-state index contributed by atoms with van der Waals surface area (Å²) >= 11 is 0. The van der Waals surface area contributed by atoms with Crippen molar-refractivity contribution in [2.75, 3.05) is 5.32 Å². The predicted molar refractivity (Wildman–Crippen MR) is 72.5 cm³/mol. The van der Waals surface area contributed by atoms with Crippen LogP contribution in [-0.4, -0.2) is 5.91 Å². The third kappa shape index (κ3) is 3.25. The number of para-hydroxylation sites is 1. The van der Waals surface area contributed by atoms with Crippen LogP contribution < -0.4 is 5.32 Å². The fourth-order valence-corrected chi connectivity index (χ4v) is 2.00. The lowest BCUT2D eigenvalue weighted by molar-refractivity contribution is 0.102. The molecule has 0 saturated carbocycles. The van der Waals surface area contributed by atoms with Crippen molar-refractivity contribution in [2.24, 2.45) is 0 Å². The molecule has 0 saturated heterocycles. The standard InChI is InChI=1S/C13H10ClNOS/c14-17-12-8-4-5-10(9-12)13(16)15-11-6-2-1-3-7-11/h1-9H,(H,15,16). The zero-order valence-corrected chi connectivity index (χ0v) is 10.5. The van der Waals surface area contributed by atoms with E-state index in [1.54, 1.807) is 12.1 Å². The molecule has 4 heteroatoms. The van der Waals surface area contributed by atoms with E-state index in [0.29, 0.717) is 5.56 Å². The second kappa shape index (κ2) is 5.75. The van der Waals surface area contributed by atoms with E-state index in [4.69, 9.17) is 10.7 Å². The molecule has 0 fully saturated rings. The molecule has 0 unspecified atom stereocenters. The van der Waals surface area contributed by atoms with Crippen molar-refractivity contribution in [1.29, 1.82) is 0 Å². The van der Waals surface area contributed by atoms with Crippen molar-refractivity contribution in [3.63, 3.8) is 0 Å². The lowest BCUT2D eigenvalue weighted by Crippen LogP contribution is -2.11. The summed E-state index contributed by atoms with van der Waals surface area (Å²) in [5.41, 5.74) is 1.38. The number of amides is 1. The Morgan fingerprint density at radius 2 is 1.82 bits per heavy atom. The van der Waals surface area contributed by atoms with Gasteiger partial charge >= 0.3 is 0 Å². The largest absolute Gasteiger partial charge is 0.322 e. The summed E-state index contributed by atoms with van der Waals surface area (Å²) in [4.78, 5) is 12.8. The van der Waals surface area contributed by atoms with Crippen LogP contribution >= 0.6 is 21.7 Å². The minimum absolute atomic E-state index is 0.135. The number of carbonyl (C=O) groups is 1. The smallest absolute Gasteiger partial charge is 0.255 e. The van der Waals surface area contributed by atoms with Crippen molar-refractivity contribution in [2.45, 2.75) is 4.90 Å². The molecular formula is C13H10ClNOS. The van der Waals surface area contributed by atoms with E-state index in [0.717, 1.165) is 21.6 Å². The van der Waals surface area contributed by atoms with Gasteiger partial charge in [-0.15, -0.1) is 0 Å². The lowest BCUT2D eigenvalue weighted by Gasteiger charge is -2.05. The third-order valence-corrected chi connectivity index (χ3v) is 3.18. The minimum atomic E-state index is -0.135. The lowest BCUT2D eigenvalue weighted by atomic mass is 10.2. The Bertz CT molecular complexity index is 516. The summed E-state index contributed by atoms with van der Waals surface area (Å²) in [6.07, 6.45) is 0. The number of nitrogens with one attached hydrogen (secondary N) is 1.